The molecule has 9 heteroatoms. The molecule has 0 spiro atoms. The molecule has 0 radical (unpaired) electrons. The fraction of sp³-hybridized carbons (Fsp3) is 0.588. The number of nitrogens with one attached hydrogen (secondary N) is 2. The van der Waals surface area contributed by atoms with Crippen LogP contribution in [0.2, 0.25) is 0 Å². The van der Waals surface area contributed by atoms with Crippen molar-refractivity contribution in [2.45, 2.75) is 25.2 Å². The molecule has 0 amide bonds. The first kappa shape index (κ1) is 23.4. The van der Waals surface area contributed by atoms with E-state index in [1.54, 1.807) is 30.9 Å². The Hall–Kier alpha value is -0.680. The fourth-order valence-electron chi connectivity index (χ4n) is 2.81. The second-order valence-corrected chi connectivity index (χ2v) is 7.04. The van der Waals surface area contributed by atoms with Gasteiger partial charge in [-0.3, -0.25) is 9.89 Å². The number of rotatable bonds is 6. The monoisotopic (exact) mass is 502 g/mol. The van der Waals surface area contributed by atoms with Crippen LogP contribution in [-0.4, -0.2) is 55.6 Å². The number of thioether (sulfide) groups is 1. The maximum atomic E-state index is 12.6. The van der Waals surface area contributed by atoms with E-state index in [9.17, 15) is 13.2 Å². The van der Waals surface area contributed by atoms with E-state index in [1.807, 2.05) is 0 Å². The van der Waals surface area contributed by atoms with Crippen LogP contribution < -0.4 is 10.6 Å². The van der Waals surface area contributed by atoms with Crippen LogP contribution >= 0.6 is 35.7 Å². The number of benzene rings is 1. The van der Waals surface area contributed by atoms with Crippen LogP contribution in [0.3, 0.4) is 0 Å². The average molecular weight is 502 g/mol. The van der Waals surface area contributed by atoms with Crippen LogP contribution in [-0.2, 0) is 12.7 Å². The Bertz CT molecular complexity index is 566. The molecule has 1 aromatic rings. The smallest absolute Gasteiger partial charge is 0.356 e. The molecule has 2 N–H and O–H groups in total. The van der Waals surface area contributed by atoms with Gasteiger partial charge in [0.05, 0.1) is 5.56 Å². The van der Waals surface area contributed by atoms with Gasteiger partial charge in [-0.2, -0.15) is 24.9 Å². The Morgan fingerprint density at radius 2 is 2.00 bits per heavy atom. The predicted octanol–water partition coefficient (Wildman–Crippen LogP) is 3.43. The molecule has 26 heavy (non-hydrogen) atoms. The fourth-order valence-corrected chi connectivity index (χ4v) is 3.12. The normalized spacial score (nSPS) is 18.5. The molecule has 2 rings (SSSR count). The summed E-state index contributed by atoms with van der Waals surface area (Å²) in [5.74, 6) is 1.82. The molecule has 0 saturated carbocycles. The first-order valence-corrected chi connectivity index (χ1v) is 9.66. The summed E-state index contributed by atoms with van der Waals surface area (Å²) < 4.78 is 37.8. The van der Waals surface area contributed by atoms with Crippen LogP contribution in [0.4, 0.5) is 13.2 Å². The molecule has 1 saturated heterocycles. The zero-order valence-electron chi connectivity index (χ0n) is 15.0. The number of alkyl halides is 3. The van der Waals surface area contributed by atoms with E-state index in [4.69, 9.17) is 0 Å². The van der Waals surface area contributed by atoms with Gasteiger partial charge in [0.1, 0.15) is 0 Å². The summed E-state index contributed by atoms with van der Waals surface area (Å²) in [6, 6.07) is 5.73. The molecule has 148 valence electrons. The van der Waals surface area contributed by atoms with Crippen molar-refractivity contribution in [1.29, 1.82) is 0 Å². The maximum absolute atomic E-state index is 12.6. The van der Waals surface area contributed by atoms with Gasteiger partial charge in [-0.1, -0.05) is 12.1 Å². The first-order chi connectivity index (χ1) is 11.9. The third kappa shape index (κ3) is 7.51. The number of halogens is 4. The van der Waals surface area contributed by atoms with Crippen molar-refractivity contribution in [2.24, 2.45) is 4.99 Å². The highest BCUT2D eigenvalue weighted by Gasteiger charge is 2.30. The molecule has 1 aromatic carbocycles. The average Bonchev–Trinajstić information content (AvgIpc) is 3.01. The van der Waals surface area contributed by atoms with Crippen LogP contribution in [0.1, 0.15) is 17.5 Å². The molecular formula is C17H26F3IN4S. The quantitative estimate of drug-likeness (QED) is 0.271. The molecular weight excluding hydrogens is 476 g/mol. The number of hydrogen-bond acceptors (Lipinski definition) is 3. The largest absolute Gasteiger partial charge is 0.416 e. The second-order valence-electron chi connectivity index (χ2n) is 6.05. The van der Waals surface area contributed by atoms with Crippen LogP contribution in [0.5, 0.6) is 0 Å². The van der Waals surface area contributed by atoms with Gasteiger partial charge in [0.2, 0.25) is 0 Å². The summed E-state index contributed by atoms with van der Waals surface area (Å²) in [5.41, 5.74) is 0.299. The Labute approximate surface area is 174 Å². The predicted molar refractivity (Wildman–Crippen MR) is 113 cm³/mol. The second kappa shape index (κ2) is 11.2. The van der Waals surface area contributed by atoms with E-state index in [1.165, 1.54) is 0 Å². The van der Waals surface area contributed by atoms with Crippen molar-refractivity contribution >= 4 is 41.7 Å². The molecule has 4 nitrogen and oxygen atoms in total. The van der Waals surface area contributed by atoms with Gasteiger partial charge in [0.15, 0.2) is 5.96 Å². The standard InChI is InChI=1S/C17H25F3N4S.HI/c1-21-16(22-8-10-25-2)23-15-7-9-24(12-15)11-13-3-5-14(6-4-13)17(18,19)20;/h3-6,15H,7-12H2,1-2H3,(H2,21,22,23);1H. The maximum Gasteiger partial charge on any atom is 0.416 e. The van der Waals surface area contributed by atoms with Crippen molar-refractivity contribution < 1.29 is 13.2 Å². The third-order valence-corrected chi connectivity index (χ3v) is 4.74. The summed E-state index contributed by atoms with van der Waals surface area (Å²) in [7, 11) is 1.75. The Morgan fingerprint density at radius 3 is 2.58 bits per heavy atom. The minimum Gasteiger partial charge on any atom is -0.356 e. The number of guanidine groups is 1. The van der Waals surface area contributed by atoms with Crippen LogP contribution in [0, 0.1) is 0 Å². The van der Waals surface area contributed by atoms with Crippen molar-refractivity contribution in [2.75, 3.05) is 38.7 Å². The van der Waals surface area contributed by atoms with Gasteiger partial charge in [-0.05, 0) is 30.4 Å². The Kier molecular flexibility index (Phi) is 10.1. The Balaban J connectivity index is 0.00000338. The van der Waals surface area contributed by atoms with Gasteiger partial charge in [-0.25, -0.2) is 0 Å². The summed E-state index contributed by atoms with van der Waals surface area (Å²) in [6.07, 6.45) is -1.22. The minimum absolute atomic E-state index is 0. The SMILES string of the molecule is CN=C(NCCSC)NC1CCN(Cc2ccc(C(F)(F)F)cc2)C1.I. The van der Waals surface area contributed by atoms with Crippen molar-refractivity contribution in [3.63, 3.8) is 0 Å². The number of aliphatic imine (C=N–C) groups is 1. The van der Waals surface area contributed by atoms with E-state index < -0.39 is 11.7 Å². The van der Waals surface area contributed by atoms with Gasteiger partial charge >= 0.3 is 6.18 Å². The molecule has 1 aliphatic rings. The highest BCUT2D eigenvalue weighted by molar-refractivity contribution is 14.0. The number of nitrogens with zero attached hydrogens (tertiary/aromatic N) is 2. The lowest BCUT2D eigenvalue weighted by atomic mass is 10.1. The lowest BCUT2D eigenvalue weighted by Gasteiger charge is -2.19. The molecule has 0 aromatic heterocycles. The van der Waals surface area contributed by atoms with Crippen LogP contribution in [0.25, 0.3) is 0 Å². The van der Waals surface area contributed by atoms with Crippen LogP contribution in [0.15, 0.2) is 29.3 Å². The molecule has 1 fully saturated rings. The molecule has 1 aliphatic heterocycles. The van der Waals surface area contributed by atoms with Crippen molar-refractivity contribution in [3.05, 3.63) is 35.4 Å². The topological polar surface area (TPSA) is 39.7 Å². The lowest BCUT2D eigenvalue weighted by Crippen LogP contribution is -2.45. The molecule has 0 aliphatic carbocycles. The molecule has 1 unspecified atom stereocenters. The summed E-state index contributed by atoms with van der Waals surface area (Å²) in [5, 5.41) is 6.68. The van der Waals surface area contributed by atoms with E-state index >= 15 is 0 Å². The molecule has 1 heterocycles. The Morgan fingerprint density at radius 1 is 1.31 bits per heavy atom. The van der Waals surface area contributed by atoms with Gasteiger partial charge < -0.3 is 10.6 Å². The highest BCUT2D eigenvalue weighted by atomic mass is 127. The first-order valence-electron chi connectivity index (χ1n) is 8.27. The molecule has 1 atom stereocenters. The third-order valence-electron chi connectivity index (χ3n) is 4.12. The van der Waals surface area contributed by atoms with Gasteiger partial charge in [0, 0.05) is 45.0 Å². The highest BCUT2D eigenvalue weighted by Crippen LogP contribution is 2.29. The van der Waals surface area contributed by atoms with E-state index in [0.717, 1.165) is 55.5 Å². The van der Waals surface area contributed by atoms with E-state index in [0.29, 0.717) is 12.6 Å². The van der Waals surface area contributed by atoms with E-state index in [2.05, 4.69) is 26.8 Å². The summed E-state index contributed by atoms with van der Waals surface area (Å²) in [4.78, 5) is 6.47. The van der Waals surface area contributed by atoms with E-state index in [-0.39, 0.29) is 24.0 Å². The van der Waals surface area contributed by atoms with Crippen molar-refractivity contribution in [1.82, 2.24) is 15.5 Å². The zero-order chi connectivity index (χ0) is 18.3. The molecule has 0 bridgehead atoms. The number of hydrogen-bond donors (Lipinski definition) is 2. The van der Waals surface area contributed by atoms with Gasteiger partial charge in [-0.15, -0.1) is 24.0 Å². The zero-order valence-corrected chi connectivity index (χ0v) is 18.1. The summed E-state index contributed by atoms with van der Waals surface area (Å²) >= 11 is 1.78. The lowest BCUT2D eigenvalue weighted by molar-refractivity contribution is -0.137. The van der Waals surface area contributed by atoms with Crippen molar-refractivity contribution in [3.8, 4) is 0 Å². The van der Waals surface area contributed by atoms with Gasteiger partial charge in [0.25, 0.3) is 0 Å². The summed E-state index contributed by atoms with van der Waals surface area (Å²) in [6.45, 7) is 3.29. The number of likely N-dealkylation sites (tertiary alicyclic amines) is 1. The minimum atomic E-state index is -4.28.